The molecule has 6 aromatic rings. The standard InChI is InChI=1S/C18H30O6Si.C15H26O5Si.C15H24O5Si.C15H24O4Si.C14H24O5Si.C12H15Cl3O5Si/c1-7-20-25(21-8-2,22-9-3)14-15-10-12-16(13-11-15)23-17(19)24-18(4,5)6;1-5-18-21(19-6-2,20-7-3)12-14-8-10-15(11-9-14)17-13-16-4;1-5-17-21(18-6-2,19-7-3)12-14-8-10-15(11-9-14)20-13(4)16;1-5-16-15-11-9-14(10-12-15)13-20(17-6-2,18-7-3)19-8-4;1-5-17-20(18-6-2,19-7-3)14-10-8-13(9-11-14)16-12-15-4;13-18-21(19-14,20-15)9-10-4-6-11(7-5-10)17-12-3-1-2-8-16-12/h10-13H,7-9,14H2,1-6H3;8-11H,5-7,12-13H2,1-4H3;8-11H,5-7,12H2,1-4H3;5,9-12H,1,6-8,13H2,2-4H3;8-11H,5-7,12H2,1-4H3;4-7,12H,1-3,8-9H2. The smallest absolute Gasteiger partial charge is 0.468 e. The zero-order chi connectivity index (χ0) is 95.0. The van der Waals surface area contributed by atoms with E-state index in [-0.39, 0.29) is 31.9 Å². The monoisotopic (exact) mass is 1960 g/mol. The van der Waals surface area contributed by atoms with E-state index >= 15 is 0 Å². The molecular weight excluding hydrogens is 1820 g/mol. The number of hydrogen-bond donors (Lipinski definition) is 0. The van der Waals surface area contributed by atoms with E-state index in [1.807, 2.05) is 225 Å². The summed E-state index contributed by atoms with van der Waals surface area (Å²) in [5.74, 6) is 3.63. The summed E-state index contributed by atoms with van der Waals surface area (Å²) in [5.41, 5.74) is 4.52. The van der Waals surface area contributed by atoms with Gasteiger partial charge in [-0.15, -0.1) is 0 Å². The van der Waals surface area contributed by atoms with Crippen LogP contribution in [-0.4, -0.2) is 210 Å². The third kappa shape index (κ3) is 47.3. The van der Waals surface area contributed by atoms with Crippen molar-refractivity contribution in [3.05, 3.63) is 186 Å². The number of carbonyl (C=O) groups is 2. The largest absolute Gasteiger partial charge is 0.555 e. The van der Waals surface area contributed by atoms with E-state index in [4.69, 9.17) is 149 Å². The summed E-state index contributed by atoms with van der Waals surface area (Å²) >= 11 is 16.0. The first-order chi connectivity index (χ1) is 61.6. The minimum atomic E-state index is -3.29. The number of halogens is 3. The van der Waals surface area contributed by atoms with Gasteiger partial charge in [-0.1, -0.05) is 79.4 Å². The van der Waals surface area contributed by atoms with Crippen LogP contribution in [0.5, 0.6) is 34.5 Å². The molecule has 1 aliphatic rings. The summed E-state index contributed by atoms with van der Waals surface area (Å²) in [6.45, 7) is 49.1. The van der Waals surface area contributed by atoms with Gasteiger partial charge in [0, 0.05) is 162 Å². The first kappa shape index (κ1) is 118. The number of benzene rings is 6. The molecular formula is C89H143Cl3O30Si6. The molecule has 0 saturated carbocycles. The molecule has 1 atom stereocenters. The van der Waals surface area contributed by atoms with Gasteiger partial charge >= 0.3 is 65.0 Å². The highest BCUT2D eigenvalue weighted by Crippen LogP contribution is 2.29. The van der Waals surface area contributed by atoms with Crippen LogP contribution in [0.4, 0.5) is 4.79 Å². The molecule has 30 nitrogen and oxygen atoms in total. The molecule has 0 bridgehead atoms. The van der Waals surface area contributed by atoms with E-state index < -0.39 is 64.6 Å². The van der Waals surface area contributed by atoms with E-state index in [1.54, 1.807) is 59.3 Å². The van der Waals surface area contributed by atoms with Gasteiger partial charge in [0.15, 0.2) is 19.9 Å². The van der Waals surface area contributed by atoms with Crippen molar-refractivity contribution in [3.63, 3.8) is 0 Å². The Morgan fingerprint density at radius 3 is 0.906 bits per heavy atom. The molecule has 0 radical (unpaired) electrons. The highest BCUT2D eigenvalue weighted by molar-refractivity contribution is 6.75. The van der Waals surface area contributed by atoms with Gasteiger partial charge in [0.05, 0.1) is 48.5 Å². The minimum Gasteiger partial charge on any atom is -0.468 e. The Bertz CT molecular complexity index is 3700. The third-order valence-corrected chi connectivity index (χ3v) is 35.6. The molecule has 128 heavy (non-hydrogen) atoms. The van der Waals surface area contributed by atoms with Gasteiger partial charge in [-0.25, -0.2) is 4.79 Å². The zero-order valence-electron chi connectivity index (χ0n) is 79.0. The fraction of sp³-hybridized carbons (Fsp3) is 0.551. The topological polar surface area (TPSA) is 293 Å². The van der Waals surface area contributed by atoms with Crippen LogP contribution in [0.15, 0.2) is 158 Å². The van der Waals surface area contributed by atoms with Gasteiger partial charge in [0.1, 0.15) is 40.1 Å². The SMILES string of the molecule is C=COc1ccc(C[Si](OCC)(OCC)OCC)cc1.CCO[Si](Cc1ccc(OC(=O)OC(C)(C)C)cc1)(OCC)OCC.CCO[Si](Cc1ccc(OC(C)=O)cc1)(OCC)OCC.CCO[Si](Cc1ccc(OCOC)cc1)(OCC)OCC.CCO[Si](OCC)(OCC)c1ccc(OCOC)cc1.ClO[Si](Cc1ccc(OC2CCCCO2)cc1)(OCl)OCl. The second kappa shape index (κ2) is 68.3. The minimum absolute atomic E-state index is 0.179. The molecule has 1 heterocycles. The Balaban J connectivity index is 0.000000521. The Morgan fingerprint density at radius 2 is 0.648 bits per heavy atom. The fourth-order valence-corrected chi connectivity index (χ4v) is 27.3. The number of esters is 1. The molecule has 0 amide bonds. The zero-order valence-corrected chi connectivity index (χ0v) is 87.3. The van der Waals surface area contributed by atoms with Crippen molar-refractivity contribution < 1.29 is 135 Å². The molecule has 0 aliphatic carbocycles. The lowest BCUT2D eigenvalue weighted by Crippen LogP contribution is -2.56. The lowest BCUT2D eigenvalue weighted by Gasteiger charge is -2.28. The third-order valence-electron chi connectivity index (χ3n) is 16.8. The maximum Gasteiger partial charge on any atom is 0.555 e. The Morgan fingerprint density at radius 1 is 0.375 bits per heavy atom. The highest BCUT2D eigenvalue weighted by atomic mass is 35.5. The maximum atomic E-state index is 11.7. The van der Waals surface area contributed by atoms with Crippen molar-refractivity contribution in [2.75, 3.05) is 134 Å². The lowest BCUT2D eigenvalue weighted by molar-refractivity contribution is -0.131. The number of rotatable bonds is 56. The van der Waals surface area contributed by atoms with Gasteiger partial charge < -0.3 is 114 Å². The van der Waals surface area contributed by atoms with Gasteiger partial charge in [-0.05, 0) is 238 Å². The summed E-state index contributed by atoms with van der Waals surface area (Å²) in [7, 11) is -13.6. The number of hydrogen-bond acceptors (Lipinski definition) is 30. The first-order valence-corrected chi connectivity index (χ1v) is 55.8. The molecule has 1 unspecified atom stereocenters. The quantitative estimate of drug-likeness (QED) is 0.00855. The summed E-state index contributed by atoms with van der Waals surface area (Å²) in [4.78, 5) is 22.6. The van der Waals surface area contributed by atoms with Gasteiger partial charge in [-0.3, -0.25) is 16.7 Å². The number of carbonyl (C=O) groups excluding carboxylic acids is 2. The van der Waals surface area contributed by atoms with Crippen molar-refractivity contribution in [1.82, 2.24) is 0 Å². The summed E-state index contributed by atoms with van der Waals surface area (Å²) in [6, 6.07) is 47.8. The van der Waals surface area contributed by atoms with Crippen molar-refractivity contribution in [1.29, 1.82) is 0 Å². The molecule has 39 heteroatoms. The molecule has 6 aromatic carbocycles. The van der Waals surface area contributed by atoms with Crippen LogP contribution in [0.25, 0.3) is 0 Å². The molecule has 1 fully saturated rings. The van der Waals surface area contributed by atoms with Crippen LogP contribution in [-0.2, 0) is 132 Å². The van der Waals surface area contributed by atoms with Crippen molar-refractivity contribution in [2.24, 2.45) is 0 Å². The van der Waals surface area contributed by atoms with E-state index in [9.17, 15) is 9.59 Å². The van der Waals surface area contributed by atoms with Crippen LogP contribution in [0.2, 0.25) is 0 Å². The number of methoxy groups -OCH3 is 2. The normalized spacial score (nSPS) is 12.9. The molecule has 0 spiro atoms. The van der Waals surface area contributed by atoms with Crippen LogP contribution >= 0.6 is 35.6 Å². The molecule has 0 aromatic heterocycles. The Hall–Kier alpha value is -5.67. The van der Waals surface area contributed by atoms with Crippen molar-refractivity contribution in [3.8, 4) is 34.5 Å². The van der Waals surface area contributed by atoms with Gasteiger partial charge in [0.2, 0.25) is 0 Å². The Kier molecular flexibility index (Phi) is 63.2. The molecule has 1 saturated heterocycles. The predicted octanol–water partition coefficient (Wildman–Crippen LogP) is 19.1. The molecule has 1 aliphatic heterocycles. The average Bonchev–Trinajstić information content (AvgIpc) is 0.807. The van der Waals surface area contributed by atoms with E-state index in [2.05, 4.69) is 18.5 Å². The van der Waals surface area contributed by atoms with Crippen LogP contribution < -0.4 is 33.6 Å². The first-order valence-electron chi connectivity index (χ1n) is 43.5. The predicted molar refractivity (Wildman–Crippen MR) is 505 cm³/mol. The second-order valence-corrected chi connectivity index (χ2v) is 44.3. The van der Waals surface area contributed by atoms with Gasteiger partial charge in [-0.2, -0.15) is 0 Å². The summed E-state index contributed by atoms with van der Waals surface area (Å²) in [6.07, 6.45) is 3.61. The van der Waals surface area contributed by atoms with E-state index in [0.717, 1.165) is 81.9 Å². The Labute approximate surface area is 783 Å². The lowest BCUT2D eigenvalue weighted by atomic mass is 10.2. The second-order valence-electron chi connectivity index (χ2n) is 27.8. The maximum absolute atomic E-state index is 11.7. The van der Waals surface area contributed by atoms with Crippen LogP contribution in [0.3, 0.4) is 0 Å². The average molecular weight is 1970 g/mol. The van der Waals surface area contributed by atoms with E-state index in [1.165, 1.54) is 13.2 Å². The molecule has 0 N–H and O–H groups in total. The van der Waals surface area contributed by atoms with Crippen LogP contribution in [0, 0.1) is 0 Å². The van der Waals surface area contributed by atoms with Crippen molar-refractivity contribution >= 4 is 106 Å². The van der Waals surface area contributed by atoms with Gasteiger partial charge in [0.25, 0.3) is 0 Å². The highest BCUT2D eigenvalue weighted by Gasteiger charge is 2.47. The molecule has 724 valence electrons. The number of ether oxygens (including phenoxy) is 10. The fourth-order valence-electron chi connectivity index (χ4n) is 12.1. The van der Waals surface area contributed by atoms with Crippen LogP contribution in [0.1, 0.15) is 179 Å². The summed E-state index contributed by atoms with van der Waals surface area (Å²) < 4.78 is 154. The van der Waals surface area contributed by atoms with E-state index in [0.29, 0.717) is 135 Å². The molecule has 7 rings (SSSR count). The van der Waals surface area contributed by atoms with Crippen molar-refractivity contribution in [2.45, 2.75) is 193 Å². The summed E-state index contributed by atoms with van der Waals surface area (Å²) in [5, 5.41) is 0.938.